The smallest absolute Gasteiger partial charge is 0.253 e. The lowest BCUT2D eigenvalue weighted by molar-refractivity contribution is 0.190. The minimum absolute atomic E-state index is 0.134. The number of tetrazole rings is 1. The number of piperazine rings is 1. The van der Waals surface area contributed by atoms with Crippen molar-refractivity contribution < 1.29 is 4.39 Å². The van der Waals surface area contributed by atoms with Gasteiger partial charge in [-0.05, 0) is 86.5 Å². The summed E-state index contributed by atoms with van der Waals surface area (Å²) in [6.07, 6.45) is 0. The van der Waals surface area contributed by atoms with Crippen molar-refractivity contribution in [1.29, 1.82) is 0 Å². The highest BCUT2D eigenvalue weighted by Gasteiger charge is 2.35. The Morgan fingerprint density at radius 1 is 0.972 bits per heavy atom. The van der Waals surface area contributed by atoms with Crippen LogP contribution in [0, 0.1) is 19.7 Å². The number of benzene rings is 2. The van der Waals surface area contributed by atoms with Crippen molar-refractivity contribution in [3.63, 3.8) is 0 Å². The standard InChI is InChI=1S/C27H32FN7O/c1-17-6-7-18(2)23-21(17)16-22(26(36)29-23)24(25-30-31-32-35(25)27(3,4)5)34-14-12-33(13-15-34)20-10-8-19(28)9-11-20/h6-11,16,24H,12-15H2,1-5H3,(H,29,36)/t24-/m1/s1. The molecule has 0 radical (unpaired) electrons. The van der Waals surface area contributed by atoms with Crippen molar-refractivity contribution >= 4 is 16.6 Å². The lowest BCUT2D eigenvalue weighted by Gasteiger charge is -2.40. The molecule has 1 N–H and O–H groups in total. The fourth-order valence-corrected chi connectivity index (χ4v) is 5.03. The zero-order valence-electron chi connectivity index (χ0n) is 21.4. The molecular formula is C27H32FN7O. The van der Waals surface area contributed by atoms with E-state index in [2.05, 4.69) is 64.1 Å². The van der Waals surface area contributed by atoms with E-state index in [9.17, 15) is 9.18 Å². The van der Waals surface area contributed by atoms with E-state index >= 15 is 0 Å². The molecule has 36 heavy (non-hydrogen) atoms. The molecule has 4 aromatic rings. The zero-order valence-corrected chi connectivity index (χ0v) is 21.4. The number of hydrogen-bond donors (Lipinski definition) is 1. The Morgan fingerprint density at radius 3 is 2.31 bits per heavy atom. The first-order chi connectivity index (χ1) is 17.1. The number of anilines is 1. The number of fused-ring (bicyclic) bond motifs is 1. The Bertz CT molecular complexity index is 1440. The summed E-state index contributed by atoms with van der Waals surface area (Å²) in [6.45, 7) is 13.1. The number of aryl methyl sites for hydroxylation is 2. The summed E-state index contributed by atoms with van der Waals surface area (Å²) < 4.78 is 15.2. The molecule has 9 heteroatoms. The normalized spacial score (nSPS) is 16.0. The molecule has 188 valence electrons. The van der Waals surface area contributed by atoms with Gasteiger partial charge in [-0.15, -0.1) is 5.10 Å². The Kier molecular flexibility index (Phi) is 6.12. The summed E-state index contributed by atoms with van der Waals surface area (Å²) >= 11 is 0. The summed E-state index contributed by atoms with van der Waals surface area (Å²) in [6, 6.07) is 12.3. The first-order valence-corrected chi connectivity index (χ1v) is 12.3. The van der Waals surface area contributed by atoms with Crippen LogP contribution >= 0.6 is 0 Å². The number of H-pyrrole nitrogens is 1. The van der Waals surface area contributed by atoms with Gasteiger partial charge in [-0.2, -0.15) is 0 Å². The van der Waals surface area contributed by atoms with E-state index < -0.39 is 6.04 Å². The Hall–Kier alpha value is -3.59. The number of pyridine rings is 1. The molecule has 0 unspecified atom stereocenters. The second kappa shape index (κ2) is 9.13. The van der Waals surface area contributed by atoms with Gasteiger partial charge in [0.1, 0.15) is 11.9 Å². The van der Waals surface area contributed by atoms with E-state index in [0.29, 0.717) is 24.5 Å². The van der Waals surface area contributed by atoms with Crippen molar-refractivity contribution in [1.82, 2.24) is 30.1 Å². The molecule has 0 amide bonds. The van der Waals surface area contributed by atoms with Crippen molar-refractivity contribution in [3.05, 3.63) is 81.2 Å². The third-order valence-electron chi connectivity index (χ3n) is 7.01. The van der Waals surface area contributed by atoms with E-state index in [0.717, 1.165) is 40.8 Å². The van der Waals surface area contributed by atoms with E-state index in [-0.39, 0.29) is 16.9 Å². The average Bonchev–Trinajstić information content (AvgIpc) is 3.34. The molecule has 5 rings (SSSR count). The van der Waals surface area contributed by atoms with Crippen molar-refractivity contribution in [2.75, 3.05) is 31.1 Å². The van der Waals surface area contributed by atoms with Crippen LogP contribution in [0.5, 0.6) is 0 Å². The molecule has 1 atom stereocenters. The summed E-state index contributed by atoms with van der Waals surface area (Å²) in [5.41, 5.74) is 4.12. The summed E-state index contributed by atoms with van der Waals surface area (Å²) in [5, 5.41) is 13.8. The number of halogens is 1. The van der Waals surface area contributed by atoms with Gasteiger partial charge in [0.25, 0.3) is 5.56 Å². The molecule has 0 aliphatic carbocycles. The maximum Gasteiger partial charge on any atom is 0.253 e. The summed E-state index contributed by atoms with van der Waals surface area (Å²) in [5.74, 6) is 0.403. The van der Waals surface area contributed by atoms with Gasteiger partial charge in [0, 0.05) is 42.8 Å². The van der Waals surface area contributed by atoms with Crippen LogP contribution in [0.4, 0.5) is 10.1 Å². The van der Waals surface area contributed by atoms with E-state index in [1.165, 1.54) is 12.1 Å². The third-order valence-corrected chi connectivity index (χ3v) is 7.01. The summed E-state index contributed by atoms with van der Waals surface area (Å²) in [4.78, 5) is 21.2. The number of nitrogens with one attached hydrogen (secondary N) is 1. The molecule has 2 aromatic heterocycles. The van der Waals surface area contributed by atoms with Crippen LogP contribution in [-0.4, -0.2) is 56.3 Å². The second-order valence-electron chi connectivity index (χ2n) is 10.6. The molecule has 2 aromatic carbocycles. The van der Waals surface area contributed by atoms with Crippen LogP contribution in [0.2, 0.25) is 0 Å². The maximum atomic E-state index is 13.5. The van der Waals surface area contributed by atoms with Gasteiger partial charge in [0.15, 0.2) is 5.82 Å². The van der Waals surface area contributed by atoms with Crippen molar-refractivity contribution in [3.8, 4) is 0 Å². The highest BCUT2D eigenvalue weighted by Crippen LogP contribution is 2.32. The van der Waals surface area contributed by atoms with Crippen LogP contribution in [0.25, 0.3) is 10.9 Å². The molecule has 8 nitrogen and oxygen atoms in total. The monoisotopic (exact) mass is 489 g/mol. The molecule has 1 saturated heterocycles. The van der Waals surface area contributed by atoms with Crippen molar-refractivity contribution in [2.45, 2.75) is 46.2 Å². The molecule has 0 spiro atoms. The minimum Gasteiger partial charge on any atom is -0.369 e. The summed E-state index contributed by atoms with van der Waals surface area (Å²) in [7, 11) is 0. The highest BCUT2D eigenvalue weighted by molar-refractivity contribution is 5.85. The molecule has 1 aliphatic rings. The topological polar surface area (TPSA) is 82.9 Å². The first kappa shape index (κ1) is 24.1. The third kappa shape index (κ3) is 4.39. The van der Waals surface area contributed by atoms with Gasteiger partial charge < -0.3 is 9.88 Å². The largest absolute Gasteiger partial charge is 0.369 e. The fraction of sp³-hybridized carbons (Fsp3) is 0.407. The maximum absolute atomic E-state index is 13.5. The van der Waals surface area contributed by atoms with Crippen LogP contribution in [0.3, 0.4) is 0 Å². The van der Waals surface area contributed by atoms with Crippen molar-refractivity contribution in [2.24, 2.45) is 0 Å². The molecule has 1 fully saturated rings. The molecule has 0 bridgehead atoms. The molecular weight excluding hydrogens is 457 g/mol. The molecule has 0 saturated carbocycles. The second-order valence-corrected chi connectivity index (χ2v) is 10.6. The van der Waals surface area contributed by atoms with Gasteiger partial charge in [-0.3, -0.25) is 9.69 Å². The van der Waals surface area contributed by atoms with Crippen LogP contribution < -0.4 is 10.5 Å². The Balaban J connectivity index is 1.58. The lowest BCUT2D eigenvalue weighted by atomic mass is 9.98. The fourth-order valence-electron chi connectivity index (χ4n) is 5.03. The van der Waals surface area contributed by atoms with Gasteiger partial charge in [-0.25, -0.2) is 9.07 Å². The Labute approximate surface area is 209 Å². The minimum atomic E-state index is -0.414. The number of nitrogens with zero attached hydrogens (tertiary/aromatic N) is 6. The number of aromatic nitrogens is 5. The van der Waals surface area contributed by atoms with E-state index in [1.54, 1.807) is 0 Å². The molecule has 1 aliphatic heterocycles. The van der Waals surface area contributed by atoms with Crippen LogP contribution in [0.15, 0.2) is 47.3 Å². The SMILES string of the molecule is Cc1ccc(C)c2[nH]c(=O)c([C@H](c3nnnn3C(C)(C)C)N3CCN(c4ccc(F)cc4)CC3)cc12. The van der Waals surface area contributed by atoms with Gasteiger partial charge in [0.05, 0.1) is 11.1 Å². The van der Waals surface area contributed by atoms with Gasteiger partial charge >= 0.3 is 0 Å². The first-order valence-electron chi connectivity index (χ1n) is 12.3. The van der Waals surface area contributed by atoms with Crippen LogP contribution in [-0.2, 0) is 5.54 Å². The number of rotatable bonds is 4. The Morgan fingerprint density at radius 2 is 1.64 bits per heavy atom. The quantitative estimate of drug-likeness (QED) is 0.468. The van der Waals surface area contributed by atoms with E-state index in [4.69, 9.17) is 0 Å². The van der Waals surface area contributed by atoms with Gasteiger partial charge in [0.2, 0.25) is 0 Å². The highest BCUT2D eigenvalue weighted by atomic mass is 19.1. The zero-order chi connectivity index (χ0) is 25.6. The number of aromatic amines is 1. The van der Waals surface area contributed by atoms with E-state index in [1.807, 2.05) is 35.9 Å². The number of hydrogen-bond acceptors (Lipinski definition) is 6. The van der Waals surface area contributed by atoms with Gasteiger partial charge in [-0.1, -0.05) is 12.1 Å². The predicted octanol–water partition coefficient (Wildman–Crippen LogP) is 3.94. The lowest BCUT2D eigenvalue weighted by Crippen LogP contribution is -2.49. The molecule has 3 heterocycles. The van der Waals surface area contributed by atoms with Crippen LogP contribution in [0.1, 0.15) is 49.3 Å². The predicted molar refractivity (Wildman–Crippen MR) is 139 cm³/mol. The average molecular weight is 490 g/mol.